The lowest BCUT2D eigenvalue weighted by Gasteiger charge is -2.56. The molecule has 1 aromatic rings. The SMILES string of the molecule is NCC(c1ccccn1)C(O)C1C2CC3CC(C2)CC1C3. The highest BCUT2D eigenvalue weighted by Crippen LogP contribution is 2.58. The van der Waals surface area contributed by atoms with Crippen molar-refractivity contribution in [2.24, 2.45) is 35.3 Å². The van der Waals surface area contributed by atoms with Gasteiger partial charge in [-0.2, -0.15) is 0 Å². The lowest BCUT2D eigenvalue weighted by molar-refractivity contribution is -0.0959. The Morgan fingerprint density at radius 3 is 2.29 bits per heavy atom. The first-order chi connectivity index (χ1) is 10.3. The van der Waals surface area contributed by atoms with Crippen LogP contribution in [-0.4, -0.2) is 22.7 Å². The predicted octanol–water partition coefficient (Wildman–Crippen LogP) is 2.56. The molecular weight excluding hydrogens is 260 g/mol. The van der Waals surface area contributed by atoms with Crippen LogP contribution in [0, 0.1) is 29.6 Å². The molecule has 21 heavy (non-hydrogen) atoms. The molecule has 114 valence electrons. The zero-order valence-corrected chi connectivity index (χ0v) is 12.6. The van der Waals surface area contributed by atoms with Gasteiger partial charge in [-0.05, 0) is 73.8 Å². The maximum atomic E-state index is 11.1. The van der Waals surface area contributed by atoms with E-state index in [4.69, 9.17) is 5.73 Å². The molecule has 1 aromatic heterocycles. The number of aromatic nitrogens is 1. The molecule has 0 amide bonds. The van der Waals surface area contributed by atoms with Gasteiger partial charge in [-0.15, -0.1) is 0 Å². The van der Waals surface area contributed by atoms with Gasteiger partial charge in [0.05, 0.1) is 6.10 Å². The number of hydrogen-bond donors (Lipinski definition) is 2. The highest BCUT2D eigenvalue weighted by Gasteiger charge is 2.51. The summed E-state index contributed by atoms with van der Waals surface area (Å²) in [5.41, 5.74) is 6.96. The first-order valence-electron chi connectivity index (χ1n) is 8.55. The van der Waals surface area contributed by atoms with Gasteiger partial charge < -0.3 is 10.8 Å². The van der Waals surface area contributed by atoms with E-state index >= 15 is 0 Å². The van der Waals surface area contributed by atoms with Gasteiger partial charge in [0.15, 0.2) is 0 Å². The van der Waals surface area contributed by atoms with Gasteiger partial charge in [-0.1, -0.05) is 6.07 Å². The van der Waals surface area contributed by atoms with Crippen molar-refractivity contribution in [1.29, 1.82) is 0 Å². The van der Waals surface area contributed by atoms with E-state index in [1.54, 1.807) is 0 Å². The minimum atomic E-state index is -0.320. The Balaban J connectivity index is 1.57. The zero-order valence-electron chi connectivity index (χ0n) is 12.6. The van der Waals surface area contributed by atoms with Gasteiger partial charge in [0, 0.05) is 24.4 Å². The molecule has 4 saturated carbocycles. The smallest absolute Gasteiger partial charge is 0.0669 e. The van der Waals surface area contributed by atoms with E-state index < -0.39 is 0 Å². The predicted molar refractivity (Wildman–Crippen MR) is 82.6 cm³/mol. The molecule has 2 atom stereocenters. The van der Waals surface area contributed by atoms with Crippen LogP contribution in [0.1, 0.15) is 43.7 Å². The average Bonchev–Trinajstić information content (AvgIpc) is 2.48. The van der Waals surface area contributed by atoms with Crippen molar-refractivity contribution >= 4 is 0 Å². The Kier molecular flexibility index (Phi) is 3.50. The number of nitrogens with two attached hydrogens (primary N) is 1. The average molecular weight is 286 g/mol. The quantitative estimate of drug-likeness (QED) is 0.894. The zero-order chi connectivity index (χ0) is 14.4. The summed E-state index contributed by atoms with van der Waals surface area (Å²) in [7, 11) is 0. The molecule has 0 saturated heterocycles. The minimum Gasteiger partial charge on any atom is -0.392 e. The molecule has 0 radical (unpaired) electrons. The van der Waals surface area contributed by atoms with Gasteiger partial charge >= 0.3 is 0 Å². The summed E-state index contributed by atoms with van der Waals surface area (Å²) < 4.78 is 0. The van der Waals surface area contributed by atoms with E-state index in [1.165, 1.54) is 32.1 Å². The van der Waals surface area contributed by atoms with Crippen LogP contribution in [0.5, 0.6) is 0 Å². The third-order valence-corrected chi connectivity index (χ3v) is 6.43. The molecular formula is C18H26N2O. The first kappa shape index (κ1) is 13.7. The van der Waals surface area contributed by atoms with Crippen molar-refractivity contribution in [2.45, 2.75) is 44.1 Å². The van der Waals surface area contributed by atoms with Gasteiger partial charge in [0.25, 0.3) is 0 Å². The van der Waals surface area contributed by atoms with Crippen molar-refractivity contribution in [2.75, 3.05) is 6.54 Å². The van der Waals surface area contributed by atoms with Gasteiger partial charge in [-0.25, -0.2) is 0 Å². The molecule has 0 aliphatic heterocycles. The summed E-state index contributed by atoms with van der Waals surface area (Å²) in [4.78, 5) is 4.44. The molecule has 4 aliphatic carbocycles. The summed E-state index contributed by atoms with van der Waals surface area (Å²) >= 11 is 0. The van der Waals surface area contributed by atoms with Crippen LogP contribution in [0.4, 0.5) is 0 Å². The Bertz CT molecular complexity index is 461. The molecule has 3 heteroatoms. The van der Waals surface area contributed by atoms with Crippen molar-refractivity contribution in [3.05, 3.63) is 30.1 Å². The maximum absolute atomic E-state index is 11.1. The molecule has 5 rings (SSSR count). The number of rotatable bonds is 4. The number of aliphatic hydroxyl groups excluding tert-OH is 1. The van der Waals surface area contributed by atoms with Crippen LogP contribution < -0.4 is 5.73 Å². The third kappa shape index (κ3) is 2.31. The summed E-state index contributed by atoms with van der Waals surface area (Å²) in [5.74, 6) is 3.80. The Hall–Kier alpha value is -0.930. The summed E-state index contributed by atoms with van der Waals surface area (Å²) in [6.45, 7) is 0.487. The second kappa shape index (κ2) is 5.36. The fraction of sp³-hybridized carbons (Fsp3) is 0.722. The molecule has 0 spiro atoms. The van der Waals surface area contributed by atoms with Crippen LogP contribution >= 0.6 is 0 Å². The fourth-order valence-electron chi connectivity index (χ4n) is 5.82. The molecule has 4 aliphatic rings. The van der Waals surface area contributed by atoms with Crippen LogP contribution in [0.15, 0.2) is 24.4 Å². The Morgan fingerprint density at radius 1 is 1.10 bits per heavy atom. The molecule has 1 heterocycles. The molecule has 4 bridgehead atoms. The van der Waals surface area contributed by atoms with E-state index in [-0.39, 0.29) is 12.0 Å². The van der Waals surface area contributed by atoms with Crippen LogP contribution in [-0.2, 0) is 0 Å². The number of pyridine rings is 1. The lowest BCUT2D eigenvalue weighted by Crippen LogP contribution is -2.51. The summed E-state index contributed by atoms with van der Waals surface area (Å²) in [6.07, 6.45) is 8.31. The Morgan fingerprint density at radius 2 is 1.76 bits per heavy atom. The Labute approximate surface area is 127 Å². The van der Waals surface area contributed by atoms with Crippen LogP contribution in [0.2, 0.25) is 0 Å². The second-order valence-corrected chi connectivity index (χ2v) is 7.60. The molecule has 3 nitrogen and oxygen atoms in total. The van der Waals surface area contributed by atoms with E-state index in [2.05, 4.69) is 4.98 Å². The molecule has 0 aromatic carbocycles. The van der Waals surface area contributed by atoms with Gasteiger partial charge in [0.1, 0.15) is 0 Å². The molecule has 4 fully saturated rings. The second-order valence-electron chi connectivity index (χ2n) is 7.60. The van der Waals surface area contributed by atoms with Crippen LogP contribution in [0.3, 0.4) is 0 Å². The maximum Gasteiger partial charge on any atom is 0.0669 e. The van der Waals surface area contributed by atoms with Crippen molar-refractivity contribution < 1.29 is 5.11 Å². The molecule has 3 N–H and O–H groups in total. The molecule has 2 unspecified atom stereocenters. The van der Waals surface area contributed by atoms with Crippen molar-refractivity contribution in [3.8, 4) is 0 Å². The van der Waals surface area contributed by atoms with E-state index in [0.717, 1.165) is 29.4 Å². The fourth-order valence-corrected chi connectivity index (χ4v) is 5.82. The number of hydrogen-bond acceptors (Lipinski definition) is 3. The van der Waals surface area contributed by atoms with Crippen LogP contribution in [0.25, 0.3) is 0 Å². The minimum absolute atomic E-state index is 0.00581. The monoisotopic (exact) mass is 286 g/mol. The van der Waals surface area contributed by atoms with Crippen molar-refractivity contribution in [1.82, 2.24) is 4.98 Å². The third-order valence-electron chi connectivity index (χ3n) is 6.43. The lowest BCUT2D eigenvalue weighted by atomic mass is 9.50. The summed E-state index contributed by atoms with van der Waals surface area (Å²) in [6, 6.07) is 5.93. The van der Waals surface area contributed by atoms with Gasteiger partial charge in [0.2, 0.25) is 0 Å². The highest BCUT2D eigenvalue weighted by atomic mass is 16.3. The van der Waals surface area contributed by atoms with E-state index in [0.29, 0.717) is 12.5 Å². The highest BCUT2D eigenvalue weighted by molar-refractivity contribution is 5.14. The van der Waals surface area contributed by atoms with E-state index in [9.17, 15) is 5.11 Å². The number of aliphatic hydroxyl groups is 1. The normalized spacial score (nSPS) is 40.2. The summed E-state index contributed by atoms with van der Waals surface area (Å²) in [5, 5.41) is 11.1. The topological polar surface area (TPSA) is 59.1 Å². The number of nitrogens with zero attached hydrogens (tertiary/aromatic N) is 1. The van der Waals surface area contributed by atoms with Crippen molar-refractivity contribution in [3.63, 3.8) is 0 Å². The first-order valence-corrected chi connectivity index (χ1v) is 8.55. The largest absolute Gasteiger partial charge is 0.392 e. The van der Waals surface area contributed by atoms with Gasteiger partial charge in [-0.3, -0.25) is 4.98 Å². The standard InChI is InChI=1S/C18H26N2O/c19-10-15(16-3-1-2-4-20-16)18(21)17-13-6-11-5-12(8-13)9-14(17)7-11/h1-4,11-15,17-18,21H,5-10,19H2. The van der Waals surface area contributed by atoms with E-state index in [1.807, 2.05) is 24.4 Å².